The lowest BCUT2D eigenvalue weighted by molar-refractivity contribution is -0.141. The van der Waals surface area contributed by atoms with Crippen LogP contribution in [0, 0.1) is 0 Å². The Labute approximate surface area is 180 Å². The van der Waals surface area contributed by atoms with Crippen LogP contribution in [0.2, 0.25) is 0 Å². The van der Waals surface area contributed by atoms with Gasteiger partial charge in [0.25, 0.3) is 5.91 Å². The van der Waals surface area contributed by atoms with Gasteiger partial charge in [0, 0.05) is 30.9 Å². The third-order valence-electron chi connectivity index (χ3n) is 5.35. The van der Waals surface area contributed by atoms with E-state index in [1.807, 2.05) is 0 Å². The van der Waals surface area contributed by atoms with E-state index >= 15 is 0 Å². The van der Waals surface area contributed by atoms with Crippen molar-refractivity contribution in [3.05, 3.63) is 53.4 Å². The fraction of sp³-hybridized carbons (Fsp3) is 0.350. The van der Waals surface area contributed by atoms with Gasteiger partial charge in [0.1, 0.15) is 17.3 Å². The monoisotopic (exact) mass is 447 g/mol. The molecule has 12 heteroatoms. The third kappa shape index (κ3) is 4.26. The van der Waals surface area contributed by atoms with E-state index in [0.29, 0.717) is 35.8 Å². The summed E-state index contributed by atoms with van der Waals surface area (Å²) in [5.74, 6) is -2.99. The summed E-state index contributed by atoms with van der Waals surface area (Å²) in [6.45, 7) is 1.12. The second kappa shape index (κ2) is 8.19. The van der Waals surface area contributed by atoms with Gasteiger partial charge in [-0.25, -0.2) is 15.0 Å². The average Bonchev–Trinajstić information content (AvgIpc) is 3.15. The van der Waals surface area contributed by atoms with E-state index in [9.17, 15) is 22.8 Å². The van der Waals surface area contributed by atoms with Gasteiger partial charge in [-0.2, -0.15) is 13.2 Å². The zero-order valence-electron chi connectivity index (χ0n) is 16.8. The minimum atomic E-state index is -4.71. The number of hydrogen-bond donors (Lipinski definition) is 3. The first kappa shape index (κ1) is 21.7. The van der Waals surface area contributed by atoms with Gasteiger partial charge in [0.2, 0.25) is 5.91 Å². The molecule has 32 heavy (non-hydrogen) atoms. The molecule has 9 nitrogen and oxygen atoms in total. The Morgan fingerprint density at radius 1 is 1.16 bits per heavy atom. The number of H-pyrrole nitrogens is 1. The molecule has 3 heterocycles. The number of piperidine rings is 1. The molecule has 2 amide bonds. The van der Waals surface area contributed by atoms with Crippen LogP contribution >= 0.6 is 0 Å². The molecule has 0 aliphatic carbocycles. The van der Waals surface area contributed by atoms with E-state index in [1.165, 1.54) is 0 Å². The number of fused-ring (bicyclic) bond motifs is 1. The predicted octanol–water partition coefficient (Wildman–Crippen LogP) is 1.55. The highest BCUT2D eigenvalue weighted by molar-refractivity contribution is 5.97. The molecule has 1 aliphatic rings. The highest BCUT2D eigenvalue weighted by Crippen LogP contribution is 2.29. The molecule has 5 N–H and O–H groups in total. The topological polar surface area (TPSA) is 144 Å². The lowest BCUT2D eigenvalue weighted by atomic mass is 10.0. The van der Waals surface area contributed by atoms with Crippen molar-refractivity contribution in [1.29, 1.82) is 0 Å². The van der Waals surface area contributed by atoms with Crippen molar-refractivity contribution >= 4 is 22.8 Å². The Balaban J connectivity index is 1.66. The fourth-order valence-corrected chi connectivity index (χ4v) is 3.64. The number of carbonyl (C=O) groups excluding carboxylic acids is 2. The van der Waals surface area contributed by atoms with Crippen molar-refractivity contribution in [3.63, 3.8) is 0 Å². The van der Waals surface area contributed by atoms with E-state index in [0.717, 1.165) is 19.0 Å². The number of aromatic nitrogens is 4. The highest BCUT2D eigenvalue weighted by Gasteiger charge is 2.35. The molecule has 1 atom stereocenters. The Bertz CT molecular complexity index is 1170. The third-order valence-corrected chi connectivity index (χ3v) is 5.35. The van der Waals surface area contributed by atoms with Gasteiger partial charge in [-0.3, -0.25) is 9.59 Å². The van der Waals surface area contributed by atoms with Gasteiger partial charge in [0.15, 0.2) is 5.92 Å². The van der Waals surface area contributed by atoms with Crippen LogP contribution in [0.5, 0.6) is 0 Å². The van der Waals surface area contributed by atoms with Gasteiger partial charge < -0.3 is 21.4 Å². The standard InChI is InChI=1S/C20H20F3N7O2/c21-20(22,23)14-3-6-26-17(29-14)15(16(25)31)18-27-12-2-1-10(9-13(12)28-18)19(32)30-7-4-11(24)5-8-30/h1-3,6,9,11,15H,4-5,7-8,24H2,(H2,25,31)(H,27,28). The lowest BCUT2D eigenvalue weighted by Gasteiger charge is -2.30. The Morgan fingerprint density at radius 2 is 1.88 bits per heavy atom. The van der Waals surface area contributed by atoms with Crippen LogP contribution in [0.4, 0.5) is 13.2 Å². The molecule has 0 saturated carbocycles. The number of aromatic amines is 1. The quantitative estimate of drug-likeness (QED) is 0.554. The van der Waals surface area contributed by atoms with Crippen LogP contribution in [0.1, 0.15) is 46.5 Å². The fourth-order valence-electron chi connectivity index (χ4n) is 3.64. The van der Waals surface area contributed by atoms with Crippen molar-refractivity contribution in [1.82, 2.24) is 24.8 Å². The summed E-state index contributed by atoms with van der Waals surface area (Å²) in [5, 5.41) is 0. The Hall–Kier alpha value is -3.54. The number of rotatable bonds is 4. The molecular weight excluding hydrogens is 427 g/mol. The Kier molecular flexibility index (Phi) is 5.55. The predicted molar refractivity (Wildman–Crippen MR) is 107 cm³/mol. The molecule has 168 valence electrons. The van der Waals surface area contributed by atoms with E-state index < -0.39 is 29.5 Å². The summed E-state index contributed by atoms with van der Waals surface area (Å²) >= 11 is 0. The minimum Gasteiger partial charge on any atom is -0.369 e. The van der Waals surface area contributed by atoms with E-state index in [1.54, 1.807) is 23.1 Å². The van der Waals surface area contributed by atoms with Gasteiger partial charge in [-0.15, -0.1) is 0 Å². The number of carbonyl (C=O) groups is 2. The summed E-state index contributed by atoms with van der Waals surface area (Å²) in [6.07, 6.45) is -2.36. The maximum absolute atomic E-state index is 13.0. The molecule has 1 aliphatic heterocycles. The number of likely N-dealkylation sites (tertiary alicyclic amines) is 1. The molecule has 4 rings (SSSR count). The smallest absolute Gasteiger partial charge is 0.369 e. The maximum Gasteiger partial charge on any atom is 0.433 e. The summed E-state index contributed by atoms with van der Waals surface area (Å²) in [7, 11) is 0. The summed E-state index contributed by atoms with van der Waals surface area (Å²) in [5.41, 5.74) is 11.4. The molecule has 3 aromatic rings. The molecule has 0 spiro atoms. The minimum absolute atomic E-state index is 0.0135. The lowest BCUT2D eigenvalue weighted by Crippen LogP contribution is -2.42. The van der Waals surface area contributed by atoms with Crippen LogP contribution in [0.3, 0.4) is 0 Å². The zero-order chi connectivity index (χ0) is 23.0. The largest absolute Gasteiger partial charge is 0.433 e. The van der Waals surface area contributed by atoms with E-state index in [-0.39, 0.29) is 17.8 Å². The van der Waals surface area contributed by atoms with Crippen molar-refractivity contribution in [3.8, 4) is 0 Å². The number of benzene rings is 1. The number of halogens is 3. The normalized spacial score (nSPS) is 16.3. The first-order valence-electron chi connectivity index (χ1n) is 9.87. The molecule has 0 bridgehead atoms. The number of amides is 2. The summed E-state index contributed by atoms with van der Waals surface area (Å²) in [6, 6.07) is 5.55. The molecule has 1 unspecified atom stereocenters. The molecule has 1 saturated heterocycles. The van der Waals surface area contributed by atoms with Crippen LogP contribution in [-0.2, 0) is 11.0 Å². The van der Waals surface area contributed by atoms with Crippen LogP contribution < -0.4 is 11.5 Å². The van der Waals surface area contributed by atoms with Crippen molar-refractivity contribution < 1.29 is 22.8 Å². The first-order valence-corrected chi connectivity index (χ1v) is 9.87. The van der Waals surface area contributed by atoms with E-state index in [4.69, 9.17) is 11.5 Å². The van der Waals surface area contributed by atoms with Crippen molar-refractivity contribution in [2.24, 2.45) is 11.5 Å². The molecule has 2 aromatic heterocycles. The second-order valence-corrected chi connectivity index (χ2v) is 7.62. The second-order valence-electron chi connectivity index (χ2n) is 7.62. The molecule has 1 fully saturated rings. The number of nitrogens with zero attached hydrogens (tertiary/aromatic N) is 4. The molecular formula is C20H20F3N7O2. The van der Waals surface area contributed by atoms with Crippen LogP contribution in [0.15, 0.2) is 30.5 Å². The summed E-state index contributed by atoms with van der Waals surface area (Å²) in [4.78, 5) is 41.0. The Morgan fingerprint density at radius 3 is 2.53 bits per heavy atom. The van der Waals surface area contributed by atoms with Gasteiger partial charge in [-0.1, -0.05) is 0 Å². The number of nitrogens with two attached hydrogens (primary N) is 2. The van der Waals surface area contributed by atoms with Crippen LogP contribution in [-0.4, -0.2) is 55.8 Å². The molecule has 1 aromatic carbocycles. The number of primary amides is 1. The van der Waals surface area contributed by atoms with Crippen LogP contribution in [0.25, 0.3) is 11.0 Å². The number of alkyl halides is 3. The van der Waals surface area contributed by atoms with Crippen molar-refractivity contribution in [2.75, 3.05) is 13.1 Å². The first-order chi connectivity index (χ1) is 15.1. The number of hydrogen-bond acceptors (Lipinski definition) is 6. The molecule has 0 radical (unpaired) electrons. The SMILES string of the molecule is NC(=O)C(c1nccc(C(F)(F)F)n1)c1nc2ccc(C(=O)N3CCC(N)CC3)cc2[nH]1. The highest BCUT2D eigenvalue weighted by atomic mass is 19.4. The average molecular weight is 447 g/mol. The van der Waals surface area contributed by atoms with Gasteiger partial charge in [-0.05, 0) is 37.1 Å². The van der Waals surface area contributed by atoms with Crippen molar-refractivity contribution in [2.45, 2.75) is 31.0 Å². The number of nitrogens with one attached hydrogen (secondary N) is 1. The number of imidazole rings is 1. The zero-order valence-corrected chi connectivity index (χ0v) is 16.8. The van der Waals surface area contributed by atoms with Gasteiger partial charge >= 0.3 is 6.18 Å². The van der Waals surface area contributed by atoms with Gasteiger partial charge in [0.05, 0.1) is 11.0 Å². The summed E-state index contributed by atoms with van der Waals surface area (Å²) < 4.78 is 39.1. The maximum atomic E-state index is 13.0. The van der Waals surface area contributed by atoms with E-state index in [2.05, 4.69) is 19.9 Å².